The van der Waals surface area contributed by atoms with Gasteiger partial charge in [0, 0.05) is 86.2 Å². The average molecular weight is 1250 g/mol. The number of phenols is 1. The summed E-state index contributed by atoms with van der Waals surface area (Å²) in [4.78, 5) is 124. The highest BCUT2D eigenvalue weighted by Crippen LogP contribution is 2.47. The van der Waals surface area contributed by atoms with Crippen LogP contribution in [0.2, 0.25) is 0 Å². The number of halogens is 1. The molecule has 0 spiro atoms. The molecule has 0 saturated heterocycles. The number of nitrogens with zero attached hydrogens (tertiary/aromatic N) is 3. The van der Waals surface area contributed by atoms with Crippen molar-refractivity contribution >= 4 is 104 Å². The number of nitrogens with one attached hydrogen (secondary N) is 7. The quantitative estimate of drug-likeness (QED) is 0.0159. The van der Waals surface area contributed by atoms with Crippen LogP contribution in [0.1, 0.15) is 89.9 Å². The molecular weight excluding hydrogens is 1180 g/mol. The zero-order valence-corrected chi connectivity index (χ0v) is 50.7. The summed E-state index contributed by atoms with van der Waals surface area (Å²) in [6, 6.07) is 25.3. The molecule has 0 bridgehead atoms. The van der Waals surface area contributed by atoms with Gasteiger partial charge in [-0.05, 0) is 83.5 Å². The molecule has 5 aromatic rings. The summed E-state index contributed by atoms with van der Waals surface area (Å²) in [6.07, 6.45) is 6.75. The van der Waals surface area contributed by atoms with Crippen molar-refractivity contribution in [2.75, 3.05) is 75.8 Å². The lowest BCUT2D eigenvalue weighted by molar-refractivity contribution is -0.136. The lowest BCUT2D eigenvalue weighted by Gasteiger charge is -2.20. The third kappa shape index (κ3) is 17.1. The number of anilines is 2. The van der Waals surface area contributed by atoms with Gasteiger partial charge in [0.1, 0.15) is 24.6 Å². The van der Waals surface area contributed by atoms with Crippen molar-refractivity contribution < 1.29 is 67.6 Å². The lowest BCUT2D eigenvalue weighted by Crippen LogP contribution is -2.52. The number of aliphatic carboxylic acids is 1. The predicted octanol–water partition coefficient (Wildman–Crippen LogP) is 5.09. The summed E-state index contributed by atoms with van der Waals surface area (Å²) in [5.41, 5.74) is 6.39. The maximum absolute atomic E-state index is 14.2. The van der Waals surface area contributed by atoms with Crippen LogP contribution in [0, 0.1) is 12.8 Å². The van der Waals surface area contributed by atoms with Gasteiger partial charge in [0.15, 0.2) is 11.5 Å². The lowest BCUT2D eigenvalue weighted by atomic mass is 9.92. The SMILES string of the molecule is COc1cc2c(cc1OCCCCC(=O)N1C[C@@H](CCl)c3c1cc(O)c1cccc(C)c31)N=C[C@@H]1CC(c3ccc(NC(=O)[C@@H](CC4CC4)OCNC(=O)CNC(=O)[C@H](Cc4ccccc4)NC(=O)CNC(=O)CNC(=O)CCNCC(=O)O)cc3)=CN1C2=O. The molecule has 24 nitrogen and oxygen atoms in total. The highest BCUT2D eigenvalue weighted by molar-refractivity contribution is 6.19. The van der Waals surface area contributed by atoms with Crippen LogP contribution in [0.3, 0.4) is 0 Å². The van der Waals surface area contributed by atoms with Crippen molar-refractivity contribution in [2.24, 2.45) is 10.9 Å². The molecule has 474 valence electrons. The fourth-order valence-electron chi connectivity index (χ4n) is 11.0. The third-order valence-electron chi connectivity index (χ3n) is 15.9. The first-order chi connectivity index (χ1) is 43.5. The predicted molar refractivity (Wildman–Crippen MR) is 336 cm³/mol. The fourth-order valence-corrected chi connectivity index (χ4v) is 11.3. The minimum absolute atomic E-state index is 0.0546. The number of carboxylic acids is 1. The minimum atomic E-state index is -1.15. The number of carbonyl (C=O) groups is 9. The molecule has 3 heterocycles. The number of alkyl halides is 1. The van der Waals surface area contributed by atoms with Gasteiger partial charge in [-0.1, -0.05) is 73.5 Å². The first-order valence-corrected chi connectivity index (χ1v) is 30.4. The number of aliphatic imine (C=N–C) groups is 1. The van der Waals surface area contributed by atoms with Gasteiger partial charge in [-0.25, -0.2) is 0 Å². The van der Waals surface area contributed by atoms with Crippen LogP contribution >= 0.6 is 11.6 Å². The summed E-state index contributed by atoms with van der Waals surface area (Å²) in [7, 11) is 1.50. The minimum Gasteiger partial charge on any atom is -0.507 e. The van der Waals surface area contributed by atoms with E-state index in [1.54, 1.807) is 82.9 Å². The van der Waals surface area contributed by atoms with E-state index >= 15 is 0 Å². The van der Waals surface area contributed by atoms with Crippen molar-refractivity contribution in [1.29, 1.82) is 0 Å². The first-order valence-electron chi connectivity index (χ1n) is 29.9. The molecule has 1 fully saturated rings. The fraction of sp³-hybridized carbons (Fsp3) is 0.385. The largest absolute Gasteiger partial charge is 0.507 e. The number of carbonyl (C=O) groups excluding carboxylic acids is 8. The Balaban J connectivity index is 0.716. The number of unbranched alkanes of at least 4 members (excludes halogenated alkanes) is 1. The van der Waals surface area contributed by atoms with E-state index in [1.165, 1.54) is 7.11 Å². The Morgan fingerprint density at radius 3 is 2.29 bits per heavy atom. The smallest absolute Gasteiger partial charge is 0.317 e. The van der Waals surface area contributed by atoms with Crippen LogP contribution in [0.4, 0.5) is 17.1 Å². The number of amides is 8. The zero-order chi connectivity index (χ0) is 63.8. The van der Waals surface area contributed by atoms with Crippen LogP contribution in [0.25, 0.3) is 16.3 Å². The molecule has 9 N–H and O–H groups in total. The van der Waals surface area contributed by atoms with Crippen LogP contribution in [0.15, 0.2) is 102 Å². The number of phenolic OH excluding ortho intramolecular Hbond substituents is 1. The van der Waals surface area contributed by atoms with E-state index < -0.39 is 73.2 Å². The Bertz CT molecular complexity index is 3580. The number of hydrogen-bond donors (Lipinski definition) is 9. The van der Waals surface area contributed by atoms with Gasteiger partial charge in [-0.15, -0.1) is 11.6 Å². The number of carboxylic acid groups (broad SMARTS) is 1. The molecule has 90 heavy (non-hydrogen) atoms. The number of fused-ring (bicyclic) bond motifs is 5. The second-order valence-electron chi connectivity index (χ2n) is 22.5. The Morgan fingerprint density at radius 2 is 1.54 bits per heavy atom. The molecule has 3 aliphatic heterocycles. The molecule has 8 amide bonds. The number of ether oxygens (including phenoxy) is 3. The number of aromatic hydroxyl groups is 1. The van der Waals surface area contributed by atoms with Gasteiger partial charge >= 0.3 is 5.97 Å². The highest BCUT2D eigenvalue weighted by Gasteiger charge is 2.37. The Kier molecular flexibility index (Phi) is 22.2. The number of rotatable bonds is 31. The number of aryl methyl sites for hydroxylation is 1. The van der Waals surface area contributed by atoms with E-state index in [2.05, 4.69) is 37.2 Å². The first kappa shape index (κ1) is 65.1. The summed E-state index contributed by atoms with van der Waals surface area (Å²) in [5.74, 6) is -3.57. The molecule has 9 rings (SSSR count). The molecule has 25 heteroatoms. The Morgan fingerprint density at radius 1 is 0.800 bits per heavy atom. The monoisotopic (exact) mass is 1250 g/mol. The normalized spacial score (nSPS) is 16.1. The summed E-state index contributed by atoms with van der Waals surface area (Å²) >= 11 is 6.44. The van der Waals surface area contributed by atoms with Crippen LogP contribution in [-0.2, 0) is 49.5 Å². The Labute approximate surface area is 524 Å². The molecule has 0 aromatic heterocycles. The van der Waals surface area contributed by atoms with E-state index in [-0.39, 0.29) is 81.1 Å². The summed E-state index contributed by atoms with van der Waals surface area (Å²) < 4.78 is 17.8. The van der Waals surface area contributed by atoms with Gasteiger partial charge in [0.25, 0.3) is 11.8 Å². The van der Waals surface area contributed by atoms with Gasteiger partial charge in [-0.3, -0.25) is 48.1 Å². The van der Waals surface area contributed by atoms with E-state index in [0.717, 1.165) is 45.9 Å². The second kappa shape index (κ2) is 30.7. The molecule has 1 saturated carbocycles. The zero-order valence-electron chi connectivity index (χ0n) is 49.9. The van der Waals surface area contributed by atoms with Crippen molar-refractivity contribution in [1.82, 2.24) is 36.8 Å². The van der Waals surface area contributed by atoms with Gasteiger partial charge < -0.3 is 71.4 Å². The topological polar surface area (TPSA) is 325 Å². The van der Waals surface area contributed by atoms with Gasteiger partial charge in [0.05, 0.1) is 62.9 Å². The van der Waals surface area contributed by atoms with Crippen LogP contribution in [0.5, 0.6) is 17.2 Å². The van der Waals surface area contributed by atoms with Crippen LogP contribution in [-0.4, -0.2) is 158 Å². The molecule has 5 aromatic carbocycles. The molecule has 0 unspecified atom stereocenters. The second-order valence-corrected chi connectivity index (χ2v) is 22.8. The molecule has 4 aliphatic rings. The van der Waals surface area contributed by atoms with Crippen molar-refractivity contribution in [3.8, 4) is 17.2 Å². The van der Waals surface area contributed by atoms with Crippen LogP contribution < -0.4 is 51.6 Å². The summed E-state index contributed by atoms with van der Waals surface area (Å²) in [5, 5.41) is 39.1. The highest BCUT2D eigenvalue weighted by atomic mass is 35.5. The van der Waals surface area contributed by atoms with E-state index in [9.17, 15) is 48.3 Å². The van der Waals surface area contributed by atoms with Gasteiger partial charge in [0.2, 0.25) is 35.4 Å². The molecule has 4 atom stereocenters. The maximum atomic E-state index is 14.2. The van der Waals surface area contributed by atoms with E-state index in [1.807, 2.05) is 37.3 Å². The molecule has 0 radical (unpaired) electrons. The summed E-state index contributed by atoms with van der Waals surface area (Å²) in [6.45, 7) is 0.695. The number of hydrogen-bond acceptors (Lipinski definition) is 15. The van der Waals surface area contributed by atoms with Crippen molar-refractivity contribution in [3.63, 3.8) is 0 Å². The standard InChI is InChI=1S/C65H73ClN10O14/c1-38-9-8-12-46-51(77)28-50-62(61(38)46)43(29-66)36-76(50)59(82)13-6-7-22-89-53-27-48-47(26-52(53)88-2)65(87)75-35-42(25-45(75)30-68-48)41-16-18-44(19-17-41)73-64(86)54(24-40-14-15-40)90-37-72-57(80)32-71-63(85)49(23-39-10-4-3-5-11-39)74-58(81)33-70-56(79)31-69-55(78)20-21-67-34-60(83)84/h3-5,8-12,16-19,26-28,30,35,40,43,45,49,54,67,77H,6-7,13-15,20-25,29,31-34,36-37H2,1-2H3,(H,69,78)(H,70,79)(H,71,85)(H,72,80)(H,73,86)(H,74,81)(H,83,84)/t43-,45+,49+,54-/m1/s1. The van der Waals surface area contributed by atoms with E-state index in [0.29, 0.717) is 77.8 Å². The molecule has 1 aliphatic carbocycles. The number of benzene rings is 5. The third-order valence-corrected chi connectivity index (χ3v) is 16.3. The van der Waals surface area contributed by atoms with E-state index in [4.69, 9.17) is 35.9 Å². The average Bonchev–Trinajstić information content (AvgIpc) is 1.55. The number of methoxy groups -OCH3 is 1. The Hall–Kier alpha value is -9.39. The van der Waals surface area contributed by atoms with Crippen molar-refractivity contribution in [2.45, 2.75) is 88.8 Å². The van der Waals surface area contributed by atoms with Gasteiger partial charge in [-0.2, -0.15) is 0 Å². The molecular formula is C65H73ClN10O14. The van der Waals surface area contributed by atoms with Crippen molar-refractivity contribution in [3.05, 3.63) is 125 Å². The maximum Gasteiger partial charge on any atom is 0.317 e.